The van der Waals surface area contributed by atoms with E-state index in [4.69, 9.17) is 17.3 Å². The van der Waals surface area contributed by atoms with E-state index in [1.807, 2.05) is 20.8 Å². The summed E-state index contributed by atoms with van der Waals surface area (Å²) in [5.41, 5.74) is 6.34. The van der Waals surface area contributed by atoms with E-state index in [-0.39, 0.29) is 10.4 Å². The summed E-state index contributed by atoms with van der Waals surface area (Å²) in [4.78, 5) is 0. The molecule has 4 heteroatoms. The fourth-order valence-electron chi connectivity index (χ4n) is 1.67. The van der Waals surface area contributed by atoms with Gasteiger partial charge in [0.1, 0.15) is 5.82 Å². The highest BCUT2D eigenvalue weighted by Gasteiger charge is 2.22. The van der Waals surface area contributed by atoms with Crippen LogP contribution in [0.3, 0.4) is 0 Å². The van der Waals surface area contributed by atoms with Crippen molar-refractivity contribution in [1.29, 1.82) is 0 Å². The Morgan fingerprint density at radius 3 is 2.47 bits per heavy atom. The third kappa shape index (κ3) is 3.41. The van der Waals surface area contributed by atoms with Crippen LogP contribution in [0.15, 0.2) is 12.1 Å². The summed E-state index contributed by atoms with van der Waals surface area (Å²) >= 11 is 5.95. The van der Waals surface area contributed by atoms with Crippen LogP contribution < -0.4 is 5.73 Å². The van der Waals surface area contributed by atoms with Crippen LogP contribution in [-0.4, -0.2) is 11.7 Å². The molecule has 1 rings (SSSR count). The van der Waals surface area contributed by atoms with Gasteiger partial charge < -0.3 is 10.8 Å². The molecule has 0 bridgehead atoms. The Bertz CT molecular complexity index is 401. The molecule has 0 aromatic heterocycles. The van der Waals surface area contributed by atoms with Crippen molar-refractivity contribution in [3.8, 4) is 0 Å². The molecule has 0 aliphatic rings. The monoisotopic (exact) mass is 259 g/mol. The van der Waals surface area contributed by atoms with Crippen molar-refractivity contribution >= 4 is 11.6 Å². The molecule has 0 amide bonds. The van der Waals surface area contributed by atoms with Crippen molar-refractivity contribution in [2.45, 2.75) is 38.7 Å². The number of hydrogen-bond donors (Lipinski definition) is 2. The molecular weight excluding hydrogens is 241 g/mol. The molecule has 0 radical (unpaired) electrons. The molecule has 0 saturated heterocycles. The Kier molecular flexibility index (Phi) is 4.53. The standard InChI is InChI=1S/C13H19ClFNO/c1-13(2,3)9-6-8(11(17)4-5-16)7-10(15)12(9)14/h6-7,11,17H,4-5,16H2,1-3H3/t11-/m1/s1. The average molecular weight is 260 g/mol. The zero-order chi connectivity index (χ0) is 13.2. The zero-order valence-electron chi connectivity index (χ0n) is 10.4. The van der Waals surface area contributed by atoms with E-state index in [1.54, 1.807) is 6.07 Å². The van der Waals surface area contributed by atoms with Crippen LogP contribution in [0, 0.1) is 5.82 Å². The van der Waals surface area contributed by atoms with E-state index >= 15 is 0 Å². The largest absolute Gasteiger partial charge is 0.388 e. The van der Waals surface area contributed by atoms with E-state index in [0.29, 0.717) is 24.1 Å². The van der Waals surface area contributed by atoms with Crippen molar-refractivity contribution in [2.24, 2.45) is 5.73 Å². The van der Waals surface area contributed by atoms with Crippen LogP contribution in [0.2, 0.25) is 5.02 Å². The van der Waals surface area contributed by atoms with Gasteiger partial charge >= 0.3 is 0 Å². The van der Waals surface area contributed by atoms with Gasteiger partial charge in [-0.2, -0.15) is 0 Å². The molecule has 2 nitrogen and oxygen atoms in total. The third-order valence-corrected chi connectivity index (χ3v) is 3.07. The summed E-state index contributed by atoms with van der Waals surface area (Å²) in [7, 11) is 0. The second-order valence-corrected chi connectivity index (χ2v) is 5.59. The molecule has 1 aromatic carbocycles. The van der Waals surface area contributed by atoms with Gasteiger partial charge in [0.2, 0.25) is 0 Å². The fourth-order valence-corrected chi connectivity index (χ4v) is 2.07. The van der Waals surface area contributed by atoms with E-state index in [1.165, 1.54) is 6.07 Å². The zero-order valence-corrected chi connectivity index (χ0v) is 11.2. The maximum Gasteiger partial charge on any atom is 0.142 e. The van der Waals surface area contributed by atoms with E-state index in [2.05, 4.69) is 0 Å². The predicted molar refractivity (Wildman–Crippen MR) is 68.7 cm³/mol. The van der Waals surface area contributed by atoms with Gasteiger partial charge in [-0.1, -0.05) is 38.4 Å². The lowest BCUT2D eigenvalue weighted by molar-refractivity contribution is 0.169. The molecule has 96 valence electrons. The number of halogens is 2. The van der Waals surface area contributed by atoms with E-state index in [0.717, 1.165) is 0 Å². The summed E-state index contributed by atoms with van der Waals surface area (Å²) in [5.74, 6) is -0.495. The first-order valence-electron chi connectivity index (χ1n) is 5.65. The van der Waals surface area contributed by atoms with Gasteiger partial charge in [0.15, 0.2) is 0 Å². The second-order valence-electron chi connectivity index (χ2n) is 5.21. The third-order valence-electron chi connectivity index (χ3n) is 2.68. The molecule has 3 N–H and O–H groups in total. The van der Waals surface area contributed by atoms with Gasteiger partial charge in [-0.05, 0) is 35.6 Å². The van der Waals surface area contributed by atoms with Gasteiger partial charge in [0.25, 0.3) is 0 Å². The first-order chi connectivity index (χ1) is 7.77. The van der Waals surface area contributed by atoms with Gasteiger partial charge in [0, 0.05) is 0 Å². The Balaban J connectivity index is 3.24. The predicted octanol–water partition coefficient (Wildman–Crippen LogP) is 3.16. The van der Waals surface area contributed by atoms with Crippen LogP contribution in [0.4, 0.5) is 4.39 Å². The first-order valence-corrected chi connectivity index (χ1v) is 6.02. The molecule has 0 heterocycles. The number of aliphatic hydroxyl groups excluding tert-OH is 1. The molecule has 0 aliphatic heterocycles. The van der Waals surface area contributed by atoms with Crippen LogP contribution in [0.1, 0.15) is 44.4 Å². The van der Waals surface area contributed by atoms with Gasteiger partial charge in [-0.15, -0.1) is 0 Å². The molecule has 0 spiro atoms. The molecule has 0 fully saturated rings. The van der Waals surface area contributed by atoms with Crippen molar-refractivity contribution in [1.82, 2.24) is 0 Å². The Hall–Kier alpha value is -0.640. The lowest BCUT2D eigenvalue weighted by Gasteiger charge is -2.23. The Morgan fingerprint density at radius 2 is 2.00 bits per heavy atom. The van der Waals surface area contributed by atoms with Gasteiger partial charge in [-0.3, -0.25) is 0 Å². The summed E-state index contributed by atoms with van der Waals surface area (Å²) < 4.78 is 13.7. The van der Waals surface area contributed by atoms with E-state index < -0.39 is 11.9 Å². The Morgan fingerprint density at radius 1 is 1.41 bits per heavy atom. The van der Waals surface area contributed by atoms with Crippen LogP contribution in [0.5, 0.6) is 0 Å². The Labute approximate surface area is 107 Å². The lowest BCUT2D eigenvalue weighted by Crippen LogP contribution is -2.15. The maximum absolute atomic E-state index is 13.7. The van der Waals surface area contributed by atoms with Crippen LogP contribution in [0.25, 0.3) is 0 Å². The molecule has 1 atom stereocenters. The smallest absolute Gasteiger partial charge is 0.142 e. The molecule has 0 unspecified atom stereocenters. The minimum Gasteiger partial charge on any atom is -0.388 e. The molecule has 17 heavy (non-hydrogen) atoms. The number of nitrogens with two attached hydrogens (primary N) is 1. The summed E-state index contributed by atoms with van der Waals surface area (Å²) in [5, 5.41) is 9.96. The normalized spacial score (nSPS) is 13.8. The van der Waals surface area contributed by atoms with Gasteiger partial charge in [-0.25, -0.2) is 4.39 Å². The summed E-state index contributed by atoms with van der Waals surface area (Å²) in [6, 6.07) is 3.03. The van der Waals surface area contributed by atoms with Crippen molar-refractivity contribution < 1.29 is 9.50 Å². The molecular formula is C13H19ClFNO. The topological polar surface area (TPSA) is 46.2 Å². The van der Waals surface area contributed by atoms with Crippen LogP contribution in [-0.2, 0) is 5.41 Å². The lowest BCUT2D eigenvalue weighted by atomic mass is 9.85. The van der Waals surface area contributed by atoms with Crippen LogP contribution >= 0.6 is 11.6 Å². The quantitative estimate of drug-likeness (QED) is 0.876. The number of hydrogen-bond acceptors (Lipinski definition) is 2. The molecule has 0 saturated carbocycles. The minimum absolute atomic E-state index is 0.126. The summed E-state index contributed by atoms with van der Waals surface area (Å²) in [6.07, 6.45) is -0.335. The first kappa shape index (κ1) is 14.4. The average Bonchev–Trinajstić information content (AvgIpc) is 2.20. The highest BCUT2D eigenvalue weighted by Crippen LogP contribution is 2.34. The van der Waals surface area contributed by atoms with Crippen molar-refractivity contribution in [3.05, 3.63) is 34.1 Å². The van der Waals surface area contributed by atoms with Crippen molar-refractivity contribution in [2.75, 3.05) is 6.54 Å². The van der Waals surface area contributed by atoms with Crippen molar-refractivity contribution in [3.63, 3.8) is 0 Å². The highest BCUT2D eigenvalue weighted by molar-refractivity contribution is 6.31. The molecule has 1 aromatic rings. The number of benzene rings is 1. The number of rotatable bonds is 3. The second kappa shape index (κ2) is 5.34. The van der Waals surface area contributed by atoms with E-state index in [9.17, 15) is 9.50 Å². The summed E-state index contributed by atoms with van der Waals surface area (Å²) in [6.45, 7) is 6.21. The fraction of sp³-hybridized carbons (Fsp3) is 0.538. The molecule has 0 aliphatic carbocycles. The maximum atomic E-state index is 13.7. The number of aliphatic hydroxyl groups is 1. The SMILES string of the molecule is CC(C)(C)c1cc([C@H](O)CCN)cc(F)c1Cl. The minimum atomic E-state index is -0.743. The van der Waals surface area contributed by atoms with Gasteiger partial charge in [0.05, 0.1) is 11.1 Å². The highest BCUT2D eigenvalue weighted by atomic mass is 35.5.